The number of aromatic nitrogens is 1. The zero-order chi connectivity index (χ0) is 20.5. The molecule has 3 aromatic rings. The van der Waals surface area contributed by atoms with Crippen molar-refractivity contribution in [3.05, 3.63) is 40.3 Å². The lowest BCUT2D eigenvalue weighted by atomic mass is 9.96. The van der Waals surface area contributed by atoms with Gasteiger partial charge in [0.2, 0.25) is 0 Å². The van der Waals surface area contributed by atoms with Gasteiger partial charge in [0.05, 0.1) is 5.69 Å². The van der Waals surface area contributed by atoms with E-state index in [1.165, 1.54) is 16.9 Å². The molecule has 0 unspecified atom stereocenters. The first-order chi connectivity index (χ1) is 14.0. The summed E-state index contributed by atoms with van der Waals surface area (Å²) >= 11 is 1.23. The van der Waals surface area contributed by atoms with E-state index >= 15 is 0 Å². The van der Waals surface area contributed by atoms with Gasteiger partial charge in [0.1, 0.15) is 27.2 Å². The fourth-order valence-corrected chi connectivity index (χ4v) is 4.98. The third kappa shape index (κ3) is 3.40. The number of aryl methyl sites for hydroxylation is 1. The van der Waals surface area contributed by atoms with Gasteiger partial charge in [-0.2, -0.15) is 5.26 Å². The molecule has 1 aliphatic carbocycles. The Bertz CT molecular complexity index is 1120. The zero-order valence-electron chi connectivity index (χ0n) is 16.3. The summed E-state index contributed by atoms with van der Waals surface area (Å²) in [5.74, 6) is -0.0275. The number of pyridine rings is 1. The number of anilines is 2. The quantitative estimate of drug-likeness (QED) is 0.600. The second-order valence-electron chi connectivity index (χ2n) is 7.39. The Hall–Kier alpha value is -3.11. The van der Waals surface area contributed by atoms with Gasteiger partial charge < -0.3 is 16.8 Å². The highest BCUT2D eigenvalue weighted by Gasteiger charge is 2.26. The van der Waals surface area contributed by atoms with Crippen LogP contribution in [0.4, 0.5) is 11.5 Å². The van der Waals surface area contributed by atoms with Crippen molar-refractivity contribution < 1.29 is 4.79 Å². The van der Waals surface area contributed by atoms with Crippen LogP contribution in [0.2, 0.25) is 0 Å². The molecule has 2 heterocycles. The van der Waals surface area contributed by atoms with Crippen molar-refractivity contribution in [2.45, 2.75) is 45.1 Å². The van der Waals surface area contributed by atoms with Gasteiger partial charge in [-0.3, -0.25) is 4.79 Å². The molecule has 0 aliphatic heterocycles. The Morgan fingerprint density at radius 2 is 1.97 bits per heavy atom. The van der Waals surface area contributed by atoms with Crippen LogP contribution in [-0.2, 0) is 6.42 Å². The maximum Gasteiger partial charge on any atom is 0.263 e. The summed E-state index contributed by atoms with van der Waals surface area (Å²) in [6.07, 6.45) is 5.18. The van der Waals surface area contributed by atoms with E-state index in [1.54, 1.807) is 0 Å². The number of thiophene rings is 1. The zero-order valence-corrected chi connectivity index (χ0v) is 17.1. The molecule has 1 aromatic carbocycles. The number of hydrogen-bond acceptors (Lipinski definition) is 6. The lowest BCUT2D eigenvalue weighted by Gasteiger charge is -2.11. The molecule has 1 saturated carbocycles. The summed E-state index contributed by atoms with van der Waals surface area (Å²) in [7, 11) is 0. The second kappa shape index (κ2) is 7.72. The number of benzene rings is 1. The number of carbonyl (C=O) groups is 1. The van der Waals surface area contributed by atoms with Crippen molar-refractivity contribution in [3.63, 3.8) is 0 Å². The highest BCUT2D eigenvalue weighted by Crippen LogP contribution is 2.42. The van der Waals surface area contributed by atoms with E-state index in [-0.39, 0.29) is 23.3 Å². The molecule has 7 heteroatoms. The summed E-state index contributed by atoms with van der Waals surface area (Å²) in [5, 5.41) is 13.4. The van der Waals surface area contributed by atoms with E-state index in [2.05, 4.69) is 23.3 Å². The average Bonchev–Trinajstić information content (AvgIpc) is 3.35. The van der Waals surface area contributed by atoms with Crippen molar-refractivity contribution in [2.24, 2.45) is 0 Å². The lowest BCUT2D eigenvalue weighted by molar-refractivity contribution is 0.0943. The molecule has 4 rings (SSSR count). The van der Waals surface area contributed by atoms with E-state index in [1.807, 2.05) is 24.3 Å². The van der Waals surface area contributed by atoms with E-state index in [0.717, 1.165) is 37.7 Å². The van der Waals surface area contributed by atoms with Crippen LogP contribution in [0, 0.1) is 11.3 Å². The van der Waals surface area contributed by atoms with Crippen molar-refractivity contribution in [2.75, 3.05) is 11.5 Å². The fourth-order valence-electron chi connectivity index (χ4n) is 3.97. The first kappa shape index (κ1) is 19.2. The minimum atomic E-state index is -0.179. The predicted octanol–water partition coefficient (Wildman–Crippen LogP) is 4.23. The van der Waals surface area contributed by atoms with Crippen LogP contribution in [0.25, 0.3) is 21.3 Å². The number of fused-ring (bicyclic) bond motifs is 1. The van der Waals surface area contributed by atoms with Gasteiger partial charge in [-0.25, -0.2) is 4.98 Å². The maximum atomic E-state index is 12.9. The Kier molecular flexibility index (Phi) is 5.12. The smallest absolute Gasteiger partial charge is 0.263 e. The number of nitriles is 1. The Morgan fingerprint density at radius 3 is 2.59 bits per heavy atom. The molecule has 0 saturated heterocycles. The van der Waals surface area contributed by atoms with Crippen LogP contribution in [0.1, 0.15) is 53.4 Å². The lowest BCUT2D eigenvalue weighted by Crippen LogP contribution is -2.32. The molecule has 0 bridgehead atoms. The molecule has 0 spiro atoms. The summed E-state index contributed by atoms with van der Waals surface area (Å²) in [6.45, 7) is 2.09. The molecule has 1 aliphatic rings. The largest absolute Gasteiger partial charge is 0.397 e. The molecule has 5 N–H and O–H groups in total. The van der Waals surface area contributed by atoms with E-state index in [4.69, 9.17) is 11.5 Å². The maximum absolute atomic E-state index is 12.9. The third-order valence-corrected chi connectivity index (χ3v) is 6.66. The van der Waals surface area contributed by atoms with Gasteiger partial charge in [0, 0.05) is 17.0 Å². The van der Waals surface area contributed by atoms with Crippen LogP contribution in [0.15, 0.2) is 24.3 Å². The molecule has 1 fully saturated rings. The third-order valence-electron chi connectivity index (χ3n) is 5.56. The molecule has 1 amide bonds. The summed E-state index contributed by atoms with van der Waals surface area (Å²) < 4.78 is 0. The number of nitrogen functional groups attached to an aromatic ring is 2. The Balaban J connectivity index is 1.87. The standard InChI is InChI=1S/C22H23N5OS/c1-2-12-7-9-13(10-8-12)16-15(11-23)20(25)27-22-17(16)18(24)19(29-22)21(28)26-14-5-3-4-6-14/h7-10,14H,2-6,24H2,1H3,(H2,25,27)(H,26,28). The first-order valence-electron chi connectivity index (χ1n) is 9.85. The van der Waals surface area contributed by atoms with Gasteiger partial charge in [-0.1, -0.05) is 44.0 Å². The summed E-state index contributed by atoms with van der Waals surface area (Å²) in [5.41, 5.74) is 15.9. The van der Waals surface area contributed by atoms with Crippen molar-refractivity contribution >= 4 is 39.0 Å². The molecule has 2 aromatic heterocycles. The summed E-state index contributed by atoms with van der Waals surface area (Å²) in [6, 6.07) is 10.3. The molecular formula is C22H23N5OS. The molecule has 29 heavy (non-hydrogen) atoms. The van der Waals surface area contributed by atoms with Crippen molar-refractivity contribution in [1.29, 1.82) is 5.26 Å². The number of nitrogens with two attached hydrogens (primary N) is 2. The van der Waals surface area contributed by atoms with Crippen molar-refractivity contribution in [1.82, 2.24) is 10.3 Å². The molecule has 0 radical (unpaired) electrons. The number of rotatable bonds is 4. The van der Waals surface area contributed by atoms with Gasteiger partial charge in [-0.15, -0.1) is 11.3 Å². The Labute approximate surface area is 173 Å². The minimum absolute atomic E-state index is 0.151. The topological polar surface area (TPSA) is 118 Å². The van der Waals surface area contributed by atoms with Crippen LogP contribution in [0.3, 0.4) is 0 Å². The van der Waals surface area contributed by atoms with E-state index in [9.17, 15) is 10.1 Å². The SMILES string of the molecule is CCc1ccc(-c2c(C#N)c(N)nc3sc(C(=O)NC4CCCC4)c(N)c23)cc1. The van der Waals surface area contributed by atoms with Gasteiger partial charge >= 0.3 is 0 Å². The number of nitrogens with one attached hydrogen (secondary N) is 1. The molecular weight excluding hydrogens is 382 g/mol. The van der Waals surface area contributed by atoms with E-state index in [0.29, 0.717) is 26.3 Å². The number of carbonyl (C=O) groups excluding carboxylic acids is 1. The molecule has 0 atom stereocenters. The average molecular weight is 406 g/mol. The van der Waals surface area contributed by atoms with E-state index < -0.39 is 0 Å². The molecule has 148 valence electrons. The Morgan fingerprint density at radius 1 is 1.28 bits per heavy atom. The highest BCUT2D eigenvalue weighted by molar-refractivity contribution is 7.21. The first-order valence-corrected chi connectivity index (χ1v) is 10.7. The number of hydrogen-bond donors (Lipinski definition) is 3. The van der Waals surface area contributed by atoms with Gasteiger partial charge in [0.25, 0.3) is 5.91 Å². The minimum Gasteiger partial charge on any atom is -0.397 e. The second-order valence-corrected chi connectivity index (χ2v) is 8.39. The van der Waals surface area contributed by atoms with Crippen LogP contribution in [0.5, 0.6) is 0 Å². The predicted molar refractivity (Wildman–Crippen MR) is 118 cm³/mol. The monoisotopic (exact) mass is 405 g/mol. The molecule has 6 nitrogen and oxygen atoms in total. The summed E-state index contributed by atoms with van der Waals surface area (Å²) in [4.78, 5) is 18.2. The van der Waals surface area contributed by atoms with Gasteiger partial charge in [0.15, 0.2) is 0 Å². The number of amides is 1. The normalized spacial score (nSPS) is 14.2. The highest BCUT2D eigenvalue weighted by atomic mass is 32.1. The fraction of sp³-hybridized carbons (Fsp3) is 0.318. The number of nitrogens with zero attached hydrogens (tertiary/aromatic N) is 2. The van der Waals surface area contributed by atoms with Crippen LogP contribution >= 0.6 is 11.3 Å². The van der Waals surface area contributed by atoms with Crippen LogP contribution in [-0.4, -0.2) is 16.9 Å². The van der Waals surface area contributed by atoms with Crippen molar-refractivity contribution in [3.8, 4) is 17.2 Å². The van der Waals surface area contributed by atoms with Gasteiger partial charge in [-0.05, 0) is 30.4 Å². The van der Waals surface area contributed by atoms with Crippen LogP contribution < -0.4 is 16.8 Å².